The number of para-hydroxylation sites is 1. The summed E-state index contributed by atoms with van der Waals surface area (Å²) < 4.78 is 7.28. The molecule has 1 aliphatic heterocycles. The zero-order valence-corrected chi connectivity index (χ0v) is 15.3. The van der Waals surface area contributed by atoms with Gasteiger partial charge < -0.3 is 9.30 Å². The first-order chi connectivity index (χ1) is 13.6. The van der Waals surface area contributed by atoms with E-state index in [2.05, 4.69) is 0 Å². The van der Waals surface area contributed by atoms with Gasteiger partial charge in [0.15, 0.2) is 0 Å². The summed E-state index contributed by atoms with van der Waals surface area (Å²) in [4.78, 5) is 37.7. The number of imide groups is 1. The highest BCUT2D eigenvalue weighted by molar-refractivity contribution is 6.21. The summed E-state index contributed by atoms with van der Waals surface area (Å²) in [6, 6.07) is 16.8. The van der Waals surface area contributed by atoms with Crippen molar-refractivity contribution in [1.82, 2.24) is 9.47 Å². The molecule has 0 bridgehead atoms. The molecule has 6 nitrogen and oxygen atoms in total. The van der Waals surface area contributed by atoms with Crippen LogP contribution in [0.3, 0.4) is 0 Å². The Bertz CT molecular complexity index is 1020. The van der Waals surface area contributed by atoms with E-state index in [1.54, 1.807) is 24.3 Å². The van der Waals surface area contributed by atoms with Crippen molar-refractivity contribution in [2.75, 3.05) is 13.2 Å². The summed E-state index contributed by atoms with van der Waals surface area (Å²) in [5.74, 6) is -0.863. The molecule has 28 heavy (non-hydrogen) atoms. The number of carbonyl (C=O) groups excluding carboxylic acids is 3. The van der Waals surface area contributed by atoms with Crippen LogP contribution in [0.1, 0.15) is 33.6 Å². The van der Waals surface area contributed by atoms with Crippen molar-refractivity contribution in [3.63, 3.8) is 0 Å². The van der Waals surface area contributed by atoms with Gasteiger partial charge in [-0.1, -0.05) is 30.3 Å². The molecule has 142 valence electrons. The first-order valence-electron chi connectivity index (χ1n) is 9.30. The molecule has 0 N–H and O–H groups in total. The second-order valence-electron chi connectivity index (χ2n) is 6.70. The lowest BCUT2D eigenvalue weighted by Crippen LogP contribution is -2.31. The maximum atomic E-state index is 12.3. The van der Waals surface area contributed by atoms with Crippen LogP contribution in [0.25, 0.3) is 10.9 Å². The number of hydrogen-bond acceptors (Lipinski definition) is 4. The van der Waals surface area contributed by atoms with Crippen molar-refractivity contribution in [2.45, 2.75) is 19.4 Å². The van der Waals surface area contributed by atoms with E-state index in [0.717, 1.165) is 10.9 Å². The van der Waals surface area contributed by atoms with Crippen LogP contribution in [0.2, 0.25) is 0 Å². The van der Waals surface area contributed by atoms with Crippen LogP contribution < -0.4 is 0 Å². The van der Waals surface area contributed by atoms with Crippen LogP contribution in [0.5, 0.6) is 0 Å². The summed E-state index contributed by atoms with van der Waals surface area (Å²) in [5, 5.41) is 1.14. The number of ether oxygens (including phenoxy) is 1. The van der Waals surface area contributed by atoms with Crippen molar-refractivity contribution in [1.29, 1.82) is 0 Å². The number of hydrogen-bond donors (Lipinski definition) is 0. The Morgan fingerprint density at radius 3 is 2.29 bits per heavy atom. The minimum absolute atomic E-state index is 0.179. The van der Waals surface area contributed by atoms with Gasteiger partial charge in [-0.2, -0.15) is 0 Å². The summed E-state index contributed by atoms with van der Waals surface area (Å²) in [6.07, 6.45) is 2.65. The second kappa shape index (κ2) is 7.68. The number of aryl methyl sites for hydroxylation is 1. The molecule has 0 saturated heterocycles. The first-order valence-corrected chi connectivity index (χ1v) is 9.30. The lowest BCUT2D eigenvalue weighted by Gasteiger charge is -2.13. The molecule has 2 aromatic carbocycles. The number of amides is 2. The molecule has 0 unspecified atom stereocenters. The maximum absolute atomic E-state index is 12.3. The lowest BCUT2D eigenvalue weighted by atomic mass is 10.1. The monoisotopic (exact) mass is 376 g/mol. The topological polar surface area (TPSA) is 68.6 Å². The zero-order valence-electron chi connectivity index (χ0n) is 15.3. The molecule has 0 fully saturated rings. The van der Waals surface area contributed by atoms with Crippen molar-refractivity contribution in [2.24, 2.45) is 0 Å². The van der Waals surface area contributed by atoms with Crippen molar-refractivity contribution < 1.29 is 19.1 Å². The summed E-state index contributed by atoms with van der Waals surface area (Å²) >= 11 is 0. The van der Waals surface area contributed by atoms with E-state index >= 15 is 0 Å². The van der Waals surface area contributed by atoms with Crippen LogP contribution in [0, 0.1) is 0 Å². The summed E-state index contributed by atoms with van der Waals surface area (Å²) in [6.45, 7) is 0.964. The Kier molecular flexibility index (Phi) is 4.93. The number of benzene rings is 2. The fraction of sp³-hybridized carbons (Fsp3) is 0.227. The van der Waals surface area contributed by atoms with E-state index < -0.39 is 0 Å². The number of esters is 1. The van der Waals surface area contributed by atoms with E-state index in [-0.39, 0.29) is 37.4 Å². The normalized spacial score (nSPS) is 13.2. The van der Waals surface area contributed by atoms with Crippen LogP contribution in [-0.4, -0.2) is 40.4 Å². The number of nitrogens with zero attached hydrogens (tertiary/aromatic N) is 2. The average molecular weight is 376 g/mol. The molecule has 0 radical (unpaired) electrons. The Morgan fingerprint density at radius 1 is 0.857 bits per heavy atom. The fourth-order valence-electron chi connectivity index (χ4n) is 3.47. The lowest BCUT2D eigenvalue weighted by molar-refractivity contribution is -0.144. The van der Waals surface area contributed by atoms with Gasteiger partial charge in [-0.15, -0.1) is 0 Å². The van der Waals surface area contributed by atoms with Crippen LogP contribution in [0.4, 0.5) is 0 Å². The van der Waals surface area contributed by atoms with E-state index in [0.29, 0.717) is 24.1 Å². The molecule has 0 spiro atoms. The number of aromatic nitrogens is 1. The second-order valence-corrected chi connectivity index (χ2v) is 6.70. The van der Waals surface area contributed by atoms with Gasteiger partial charge in [0.1, 0.15) is 0 Å². The molecule has 0 aliphatic carbocycles. The largest absolute Gasteiger partial charge is 0.466 e. The van der Waals surface area contributed by atoms with Crippen LogP contribution in [-0.2, 0) is 16.1 Å². The smallest absolute Gasteiger partial charge is 0.307 e. The molecule has 2 amide bonds. The minimum Gasteiger partial charge on any atom is -0.466 e. The fourth-order valence-corrected chi connectivity index (χ4v) is 3.47. The molecule has 3 aromatic rings. The predicted molar refractivity (Wildman–Crippen MR) is 104 cm³/mol. The van der Waals surface area contributed by atoms with Crippen molar-refractivity contribution >= 4 is 28.7 Å². The first kappa shape index (κ1) is 18.0. The van der Waals surface area contributed by atoms with Crippen LogP contribution >= 0.6 is 0 Å². The summed E-state index contributed by atoms with van der Waals surface area (Å²) in [7, 11) is 0. The highest BCUT2D eigenvalue weighted by atomic mass is 16.5. The third-order valence-electron chi connectivity index (χ3n) is 4.90. The Balaban J connectivity index is 1.22. The van der Waals surface area contributed by atoms with E-state index in [9.17, 15) is 14.4 Å². The average Bonchev–Trinajstić information content (AvgIpc) is 3.24. The van der Waals surface area contributed by atoms with Crippen molar-refractivity contribution in [3.05, 3.63) is 71.9 Å². The molecule has 1 aromatic heterocycles. The highest BCUT2D eigenvalue weighted by Gasteiger charge is 2.34. The van der Waals surface area contributed by atoms with E-state index in [4.69, 9.17) is 4.74 Å². The Hall–Kier alpha value is -3.41. The quantitative estimate of drug-likeness (QED) is 0.361. The van der Waals surface area contributed by atoms with Gasteiger partial charge in [-0.3, -0.25) is 19.3 Å². The van der Waals surface area contributed by atoms with E-state index in [1.807, 2.05) is 41.1 Å². The molecule has 2 heterocycles. The molecule has 4 rings (SSSR count). The van der Waals surface area contributed by atoms with Gasteiger partial charge in [-0.05, 0) is 36.1 Å². The summed E-state index contributed by atoms with van der Waals surface area (Å²) in [5.41, 5.74) is 1.95. The van der Waals surface area contributed by atoms with Gasteiger partial charge in [-0.25, -0.2) is 0 Å². The SMILES string of the molecule is O=C(CCn1ccc2ccccc21)OCCCN1C(=O)c2ccccc2C1=O. The third-order valence-corrected chi connectivity index (χ3v) is 4.90. The number of rotatable bonds is 7. The van der Waals surface area contributed by atoms with Gasteiger partial charge in [0, 0.05) is 24.8 Å². The van der Waals surface area contributed by atoms with Gasteiger partial charge in [0.25, 0.3) is 11.8 Å². The predicted octanol–water partition coefficient (Wildman–Crippen LogP) is 3.26. The highest BCUT2D eigenvalue weighted by Crippen LogP contribution is 2.22. The maximum Gasteiger partial charge on any atom is 0.307 e. The van der Waals surface area contributed by atoms with Gasteiger partial charge in [0.05, 0.1) is 24.2 Å². The standard InChI is InChI=1S/C22H20N2O4/c25-20(11-14-23-13-10-16-6-1-4-9-19(16)23)28-15-5-12-24-21(26)17-7-2-3-8-18(17)22(24)27/h1-4,6-10,13H,5,11-12,14-15H2. The molecule has 1 aliphatic rings. The Morgan fingerprint density at radius 2 is 1.54 bits per heavy atom. The zero-order chi connectivity index (χ0) is 19.5. The van der Waals surface area contributed by atoms with Crippen LogP contribution in [0.15, 0.2) is 60.8 Å². The third kappa shape index (κ3) is 3.41. The molecular weight excluding hydrogens is 356 g/mol. The molecular formula is C22H20N2O4. The van der Waals surface area contributed by atoms with Gasteiger partial charge in [0.2, 0.25) is 0 Å². The molecule has 6 heteroatoms. The van der Waals surface area contributed by atoms with E-state index in [1.165, 1.54) is 4.90 Å². The minimum atomic E-state index is -0.292. The van der Waals surface area contributed by atoms with Gasteiger partial charge >= 0.3 is 5.97 Å². The molecule has 0 atom stereocenters. The van der Waals surface area contributed by atoms with Crippen molar-refractivity contribution in [3.8, 4) is 0 Å². The molecule has 0 saturated carbocycles. The number of fused-ring (bicyclic) bond motifs is 2. The number of carbonyl (C=O) groups is 3. The Labute approximate surface area is 162 Å².